The first kappa shape index (κ1) is 21.4. The summed E-state index contributed by atoms with van der Waals surface area (Å²) in [5.74, 6) is -0.141. The largest absolute Gasteiger partial charge is 0.308 e. The lowest BCUT2D eigenvalue weighted by Gasteiger charge is -2.21. The summed E-state index contributed by atoms with van der Waals surface area (Å²) in [6.45, 7) is 5.31. The molecule has 9 heteroatoms. The molecular formula is C22H22N4O3S2. The second-order valence-electron chi connectivity index (χ2n) is 7.75. The number of anilines is 1. The van der Waals surface area contributed by atoms with E-state index in [1.807, 2.05) is 19.0 Å². The van der Waals surface area contributed by atoms with Gasteiger partial charge in [-0.1, -0.05) is 11.3 Å². The van der Waals surface area contributed by atoms with Gasteiger partial charge in [-0.3, -0.25) is 19.8 Å². The molecule has 0 aliphatic heterocycles. The maximum Gasteiger partial charge on any atom is 0.270 e. The molecule has 2 heterocycles. The lowest BCUT2D eigenvalue weighted by Crippen LogP contribution is -2.36. The number of fused-ring (bicyclic) bond motifs is 2. The molecule has 0 spiro atoms. The molecule has 0 bridgehead atoms. The zero-order chi connectivity index (χ0) is 22.3. The first-order valence-electron chi connectivity index (χ1n) is 9.75. The molecule has 0 N–H and O–H groups in total. The minimum Gasteiger partial charge on any atom is -0.308 e. The van der Waals surface area contributed by atoms with Crippen LogP contribution in [0.5, 0.6) is 0 Å². The van der Waals surface area contributed by atoms with Gasteiger partial charge in [0.05, 0.1) is 20.0 Å². The molecular weight excluding hydrogens is 432 g/mol. The number of aromatic nitrogens is 1. The van der Waals surface area contributed by atoms with Crippen molar-refractivity contribution in [1.82, 2.24) is 9.88 Å². The smallest absolute Gasteiger partial charge is 0.270 e. The molecule has 2 aromatic heterocycles. The fraction of sp³-hybridized carbons (Fsp3) is 0.273. The third kappa shape index (κ3) is 4.30. The van der Waals surface area contributed by atoms with Crippen molar-refractivity contribution < 1.29 is 9.72 Å². The molecule has 1 amide bonds. The number of nitro groups is 1. The molecule has 0 saturated heterocycles. The Hall–Kier alpha value is -2.88. The Morgan fingerprint density at radius 1 is 1.03 bits per heavy atom. The Morgan fingerprint density at radius 2 is 1.77 bits per heavy atom. The number of hydrogen-bond acceptors (Lipinski definition) is 7. The molecule has 0 radical (unpaired) electrons. The standard InChI is InChI=1S/C22H22N4O3S2/c1-13-9-17-19(10-14(13)2)31-22(23-17)25(8-7-24(3)4)21(27)20-12-15-11-16(26(28)29)5-6-18(15)30-20/h5-6,9-12H,7-8H2,1-4H3. The zero-order valence-corrected chi connectivity index (χ0v) is 19.3. The molecule has 160 valence electrons. The summed E-state index contributed by atoms with van der Waals surface area (Å²) in [7, 11) is 3.93. The van der Waals surface area contributed by atoms with E-state index in [2.05, 4.69) is 26.0 Å². The highest BCUT2D eigenvalue weighted by Gasteiger charge is 2.24. The van der Waals surface area contributed by atoms with Crippen molar-refractivity contribution in [2.24, 2.45) is 0 Å². The number of likely N-dealkylation sites (N-methyl/N-ethyl adjacent to an activating group) is 1. The predicted molar refractivity (Wildman–Crippen MR) is 128 cm³/mol. The van der Waals surface area contributed by atoms with Crippen LogP contribution < -0.4 is 4.90 Å². The Labute approximate surface area is 187 Å². The number of thiazole rings is 1. The van der Waals surface area contributed by atoms with Gasteiger partial charge < -0.3 is 4.90 Å². The van der Waals surface area contributed by atoms with E-state index in [9.17, 15) is 14.9 Å². The fourth-order valence-electron chi connectivity index (χ4n) is 3.25. The monoisotopic (exact) mass is 454 g/mol. The van der Waals surface area contributed by atoms with Crippen molar-refractivity contribution in [3.8, 4) is 0 Å². The summed E-state index contributed by atoms with van der Waals surface area (Å²) in [5.41, 5.74) is 3.27. The molecule has 7 nitrogen and oxygen atoms in total. The van der Waals surface area contributed by atoms with Crippen LogP contribution in [0.15, 0.2) is 36.4 Å². The molecule has 0 aliphatic rings. The fourth-order valence-corrected chi connectivity index (χ4v) is 5.31. The van der Waals surface area contributed by atoms with Gasteiger partial charge in [0.2, 0.25) is 0 Å². The summed E-state index contributed by atoms with van der Waals surface area (Å²) in [6.07, 6.45) is 0. The van der Waals surface area contributed by atoms with Crippen molar-refractivity contribution in [2.45, 2.75) is 13.8 Å². The number of nitrogens with zero attached hydrogens (tertiary/aromatic N) is 4. The SMILES string of the molecule is Cc1cc2nc(N(CCN(C)C)C(=O)c3cc4cc([N+](=O)[O-])ccc4s3)sc2cc1C. The van der Waals surface area contributed by atoms with Crippen LogP contribution in [0.25, 0.3) is 20.3 Å². The Balaban J connectivity index is 1.74. The Morgan fingerprint density at radius 3 is 2.48 bits per heavy atom. The summed E-state index contributed by atoms with van der Waals surface area (Å²) in [6, 6.07) is 10.6. The molecule has 2 aromatic carbocycles. The van der Waals surface area contributed by atoms with E-state index >= 15 is 0 Å². The van der Waals surface area contributed by atoms with Crippen molar-refractivity contribution in [3.63, 3.8) is 0 Å². The van der Waals surface area contributed by atoms with Gasteiger partial charge >= 0.3 is 0 Å². The van der Waals surface area contributed by atoms with Crippen molar-refractivity contribution in [2.75, 3.05) is 32.1 Å². The number of rotatable bonds is 6. The number of thiophene rings is 1. The highest BCUT2D eigenvalue weighted by Crippen LogP contribution is 2.34. The van der Waals surface area contributed by atoms with Crippen molar-refractivity contribution >= 4 is 59.7 Å². The van der Waals surface area contributed by atoms with Crippen molar-refractivity contribution in [1.29, 1.82) is 0 Å². The second kappa shape index (κ2) is 8.33. The van der Waals surface area contributed by atoms with E-state index in [0.29, 0.717) is 28.5 Å². The van der Waals surface area contributed by atoms with Gasteiger partial charge in [-0.15, -0.1) is 11.3 Å². The van der Waals surface area contributed by atoms with Crippen LogP contribution in [0.3, 0.4) is 0 Å². The number of aryl methyl sites for hydroxylation is 2. The van der Waals surface area contributed by atoms with E-state index in [0.717, 1.165) is 14.9 Å². The number of benzene rings is 2. The van der Waals surface area contributed by atoms with Crippen LogP contribution in [-0.2, 0) is 0 Å². The van der Waals surface area contributed by atoms with Crippen LogP contribution in [0.2, 0.25) is 0 Å². The van der Waals surface area contributed by atoms with Crippen LogP contribution in [0.4, 0.5) is 10.8 Å². The van der Waals surface area contributed by atoms with Crippen LogP contribution >= 0.6 is 22.7 Å². The zero-order valence-electron chi connectivity index (χ0n) is 17.7. The van der Waals surface area contributed by atoms with E-state index in [1.54, 1.807) is 17.0 Å². The highest BCUT2D eigenvalue weighted by molar-refractivity contribution is 7.23. The minimum atomic E-state index is -0.424. The summed E-state index contributed by atoms with van der Waals surface area (Å²) >= 11 is 2.85. The second-order valence-corrected chi connectivity index (χ2v) is 9.84. The van der Waals surface area contributed by atoms with Gasteiger partial charge in [0, 0.05) is 35.3 Å². The quantitative estimate of drug-likeness (QED) is 0.294. The Kier molecular flexibility index (Phi) is 5.74. The first-order chi connectivity index (χ1) is 14.7. The van der Waals surface area contributed by atoms with E-state index in [1.165, 1.54) is 45.9 Å². The maximum atomic E-state index is 13.5. The number of amides is 1. The van der Waals surface area contributed by atoms with Crippen LogP contribution in [-0.4, -0.2) is 47.9 Å². The van der Waals surface area contributed by atoms with Gasteiger partial charge in [-0.05, 0) is 63.3 Å². The maximum absolute atomic E-state index is 13.5. The molecule has 0 unspecified atom stereocenters. The van der Waals surface area contributed by atoms with Gasteiger partial charge in [0.25, 0.3) is 11.6 Å². The highest BCUT2D eigenvalue weighted by atomic mass is 32.1. The number of nitro benzene ring substituents is 1. The Bertz CT molecular complexity index is 1270. The summed E-state index contributed by atoms with van der Waals surface area (Å²) in [4.78, 5) is 33.2. The number of carbonyl (C=O) groups excluding carboxylic acids is 1. The lowest BCUT2D eigenvalue weighted by molar-refractivity contribution is -0.384. The first-order valence-corrected chi connectivity index (χ1v) is 11.4. The molecule has 4 aromatic rings. The molecule has 0 saturated carbocycles. The van der Waals surface area contributed by atoms with E-state index in [-0.39, 0.29) is 11.6 Å². The van der Waals surface area contributed by atoms with E-state index < -0.39 is 4.92 Å². The molecule has 4 rings (SSSR count). The van der Waals surface area contributed by atoms with Gasteiger partial charge in [-0.2, -0.15) is 0 Å². The average Bonchev–Trinajstić information content (AvgIpc) is 3.31. The minimum absolute atomic E-state index is 0.0191. The number of non-ortho nitro benzene ring substituents is 1. The third-order valence-corrected chi connectivity index (χ3v) is 7.31. The third-order valence-electron chi connectivity index (χ3n) is 5.16. The average molecular weight is 455 g/mol. The number of carbonyl (C=O) groups is 1. The molecule has 31 heavy (non-hydrogen) atoms. The van der Waals surface area contributed by atoms with Gasteiger partial charge in [0.15, 0.2) is 5.13 Å². The van der Waals surface area contributed by atoms with Gasteiger partial charge in [0.1, 0.15) is 0 Å². The molecule has 0 fully saturated rings. The van der Waals surface area contributed by atoms with Gasteiger partial charge in [-0.25, -0.2) is 4.98 Å². The predicted octanol–water partition coefficient (Wildman–Crippen LogP) is 5.24. The lowest BCUT2D eigenvalue weighted by atomic mass is 10.1. The molecule has 0 aliphatic carbocycles. The topological polar surface area (TPSA) is 79.6 Å². The normalized spacial score (nSPS) is 11.5. The summed E-state index contributed by atoms with van der Waals surface area (Å²) in [5, 5.41) is 12.4. The number of hydrogen-bond donors (Lipinski definition) is 0. The van der Waals surface area contributed by atoms with Crippen molar-refractivity contribution in [3.05, 3.63) is 62.5 Å². The van der Waals surface area contributed by atoms with Crippen LogP contribution in [0, 0.1) is 24.0 Å². The molecule has 0 atom stereocenters. The van der Waals surface area contributed by atoms with Crippen LogP contribution in [0.1, 0.15) is 20.8 Å². The summed E-state index contributed by atoms with van der Waals surface area (Å²) < 4.78 is 1.89. The van der Waals surface area contributed by atoms with E-state index in [4.69, 9.17) is 4.98 Å².